The van der Waals surface area contributed by atoms with Crippen LogP contribution in [0.15, 0.2) is 35.9 Å². The van der Waals surface area contributed by atoms with Crippen LogP contribution in [0.5, 0.6) is 0 Å². The topological polar surface area (TPSA) is 83.6 Å². The fourth-order valence-electron chi connectivity index (χ4n) is 4.43. The maximum Gasteiger partial charge on any atom is 0.317 e. The number of carboxylic acid groups (broad SMARTS) is 1. The molecule has 5 nitrogen and oxygen atoms in total. The first-order chi connectivity index (χ1) is 12.3. The van der Waals surface area contributed by atoms with E-state index in [-0.39, 0.29) is 6.42 Å². The lowest BCUT2D eigenvalue weighted by Gasteiger charge is -2.59. The quantitative estimate of drug-likeness (QED) is 0.454. The molecule has 0 bridgehead atoms. The second-order valence-electron chi connectivity index (χ2n) is 7.01. The first-order valence-electron chi connectivity index (χ1n) is 8.35. The molecule has 1 aromatic carbocycles. The molecule has 0 radical (unpaired) electrons. The van der Waals surface area contributed by atoms with Crippen LogP contribution < -0.4 is 5.73 Å². The number of halogens is 2. The summed E-state index contributed by atoms with van der Waals surface area (Å²) in [5.41, 5.74) is 7.02. The summed E-state index contributed by atoms with van der Waals surface area (Å²) in [5, 5.41) is 8.96. The second-order valence-corrected chi connectivity index (χ2v) is 8.71. The number of nitrogens with zero attached hydrogens (tertiary/aromatic N) is 1. The smallest absolute Gasteiger partial charge is 0.317 e. The Bertz CT molecular complexity index is 789. The molecular weight excluding hydrogens is 379 g/mol. The number of aliphatic carboxylic acids is 1. The van der Waals surface area contributed by atoms with Gasteiger partial charge in [0.2, 0.25) is 0 Å². The van der Waals surface area contributed by atoms with Crippen molar-refractivity contribution in [1.82, 2.24) is 4.90 Å². The molecule has 4 rings (SSSR count). The Morgan fingerprint density at radius 3 is 2.62 bits per heavy atom. The molecule has 3 N–H and O–H groups in total. The number of alkyl halides is 2. The summed E-state index contributed by atoms with van der Waals surface area (Å²) in [6, 6.07) is 6.46. The lowest BCUT2D eigenvalue weighted by atomic mass is 9.67. The molecule has 138 valence electrons. The molecule has 1 saturated carbocycles. The number of carboxylic acids is 1. The average molecular weight is 397 g/mol. The van der Waals surface area contributed by atoms with Crippen LogP contribution in [0.4, 0.5) is 10.1 Å². The highest BCUT2D eigenvalue weighted by molar-refractivity contribution is 8.05. The van der Waals surface area contributed by atoms with Crippen molar-refractivity contribution in [2.24, 2.45) is 11.8 Å². The number of carbonyl (C=O) groups is 2. The van der Waals surface area contributed by atoms with E-state index in [9.17, 15) is 14.7 Å². The molecule has 3 fully saturated rings. The van der Waals surface area contributed by atoms with Gasteiger partial charge in [0.1, 0.15) is 17.5 Å². The van der Waals surface area contributed by atoms with Crippen LogP contribution in [0.1, 0.15) is 17.9 Å². The molecular formula is C18H18ClFN2O3S. The lowest BCUT2D eigenvalue weighted by Crippen LogP contribution is -2.68. The number of hydrogen-bond acceptors (Lipinski definition) is 5. The number of nitrogens with two attached hydrogens (primary N) is 1. The minimum Gasteiger partial charge on any atom is -0.481 e. The van der Waals surface area contributed by atoms with Gasteiger partial charge in [-0.05, 0) is 24.1 Å². The van der Waals surface area contributed by atoms with Gasteiger partial charge >= 0.3 is 5.97 Å². The number of ketones is 1. The molecule has 26 heavy (non-hydrogen) atoms. The number of carbonyl (C=O) groups excluding carboxylic acids is 1. The predicted octanol–water partition coefficient (Wildman–Crippen LogP) is 2.82. The van der Waals surface area contributed by atoms with Crippen LogP contribution in [0.2, 0.25) is 0 Å². The van der Waals surface area contributed by atoms with Crippen molar-refractivity contribution in [3.8, 4) is 0 Å². The Labute approximate surface area is 159 Å². The zero-order chi connectivity index (χ0) is 18.7. The van der Waals surface area contributed by atoms with Crippen LogP contribution in [-0.4, -0.2) is 44.7 Å². The standard InChI is InChI=1S/C18H18ClFN2O3S/c1-7-22-15-10(16(23)13(18(24)25)17(22)26-7)6-11(20)12(14(15)19)8-2-4-9(21)5-3-8/h2-5,10-15,17H,1,6,21H2,(H,24,25). The highest BCUT2D eigenvalue weighted by Crippen LogP contribution is 2.56. The van der Waals surface area contributed by atoms with E-state index in [1.165, 1.54) is 11.8 Å². The van der Waals surface area contributed by atoms with Crippen molar-refractivity contribution in [1.29, 1.82) is 0 Å². The molecule has 3 aliphatic rings. The minimum atomic E-state index is -1.33. The van der Waals surface area contributed by atoms with E-state index < -0.39 is 52.5 Å². The molecule has 1 aromatic rings. The number of nitrogen functional groups attached to an aromatic ring is 1. The molecule has 2 aliphatic heterocycles. The van der Waals surface area contributed by atoms with Gasteiger partial charge in [0, 0.05) is 17.5 Å². The fraction of sp³-hybridized carbons (Fsp3) is 0.444. The van der Waals surface area contributed by atoms with Crippen molar-refractivity contribution in [3.05, 3.63) is 41.4 Å². The molecule has 0 spiro atoms. The minimum absolute atomic E-state index is 0.0350. The normalized spacial score (nSPS) is 39.0. The van der Waals surface area contributed by atoms with E-state index in [2.05, 4.69) is 6.58 Å². The summed E-state index contributed by atoms with van der Waals surface area (Å²) in [6.07, 6.45) is -1.37. The predicted molar refractivity (Wildman–Crippen MR) is 98.5 cm³/mol. The first-order valence-corrected chi connectivity index (χ1v) is 9.67. The molecule has 2 saturated heterocycles. The number of benzene rings is 1. The zero-order valence-electron chi connectivity index (χ0n) is 13.7. The summed E-state index contributed by atoms with van der Waals surface area (Å²) < 4.78 is 15.0. The van der Waals surface area contributed by atoms with Gasteiger partial charge in [-0.1, -0.05) is 30.5 Å². The van der Waals surface area contributed by atoms with Crippen molar-refractivity contribution in [3.63, 3.8) is 0 Å². The molecule has 0 aromatic heterocycles. The van der Waals surface area contributed by atoms with Crippen molar-refractivity contribution in [2.45, 2.75) is 35.3 Å². The maximum atomic E-state index is 15.0. The molecule has 2 heterocycles. The van der Waals surface area contributed by atoms with Gasteiger partial charge in [0.15, 0.2) is 5.78 Å². The first kappa shape index (κ1) is 17.7. The van der Waals surface area contributed by atoms with E-state index >= 15 is 4.39 Å². The van der Waals surface area contributed by atoms with Crippen LogP contribution >= 0.6 is 23.4 Å². The SMILES string of the molecule is C=C1SC2C(C(=O)O)C(=O)C3CC(F)C(c4ccc(N)cc4)C(Cl)C3N12. The van der Waals surface area contributed by atoms with E-state index in [1.54, 1.807) is 24.3 Å². The third-order valence-corrected chi connectivity index (χ3v) is 7.39. The van der Waals surface area contributed by atoms with Gasteiger partial charge in [-0.15, -0.1) is 11.6 Å². The Kier molecular flexibility index (Phi) is 4.19. The van der Waals surface area contributed by atoms with E-state index in [0.29, 0.717) is 10.7 Å². The van der Waals surface area contributed by atoms with E-state index in [4.69, 9.17) is 17.3 Å². The average Bonchev–Trinajstić information content (AvgIpc) is 2.57. The third-order valence-electron chi connectivity index (χ3n) is 5.64. The molecule has 0 amide bonds. The highest BCUT2D eigenvalue weighted by Gasteiger charge is 2.62. The number of Topliss-reactive ketones (excluding diaryl/α,β-unsaturated/α-hetero) is 1. The Balaban J connectivity index is 1.71. The number of thioether (sulfide) groups is 1. The monoisotopic (exact) mass is 396 g/mol. The molecule has 7 unspecified atom stereocenters. The van der Waals surface area contributed by atoms with Crippen molar-refractivity contribution >= 4 is 40.8 Å². The molecule has 7 atom stereocenters. The fourth-order valence-corrected chi connectivity index (χ4v) is 6.28. The number of rotatable bonds is 2. The largest absolute Gasteiger partial charge is 0.481 e. The van der Waals surface area contributed by atoms with Gasteiger partial charge in [-0.2, -0.15) is 0 Å². The highest BCUT2D eigenvalue weighted by atomic mass is 35.5. The van der Waals surface area contributed by atoms with Crippen LogP contribution in [-0.2, 0) is 9.59 Å². The summed E-state index contributed by atoms with van der Waals surface area (Å²) in [4.78, 5) is 26.2. The Hall–Kier alpha value is -1.73. The maximum absolute atomic E-state index is 15.0. The zero-order valence-corrected chi connectivity index (χ0v) is 15.3. The van der Waals surface area contributed by atoms with Crippen LogP contribution in [0.3, 0.4) is 0 Å². The Morgan fingerprint density at radius 2 is 2.04 bits per heavy atom. The summed E-state index contributed by atoms with van der Waals surface area (Å²) in [6.45, 7) is 3.93. The van der Waals surface area contributed by atoms with Gasteiger partial charge in [0.05, 0.1) is 16.4 Å². The van der Waals surface area contributed by atoms with Gasteiger partial charge in [-0.25, -0.2) is 4.39 Å². The Morgan fingerprint density at radius 1 is 1.38 bits per heavy atom. The van der Waals surface area contributed by atoms with Crippen LogP contribution in [0.25, 0.3) is 0 Å². The second kappa shape index (κ2) is 6.16. The van der Waals surface area contributed by atoms with Gasteiger partial charge in [-0.3, -0.25) is 9.59 Å². The van der Waals surface area contributed by atoms with Crippen LogP contribution in [0, 0.1) is 11.8 Å². The van der Waals surface area contributed by atoms with Crippen molar-refractivity contribution < 1.29 is 19.1 Å². The molecule has 1 aliphatic carbocycles. The summed E-state index contributed by atoms with van der Waals surface area (Å²) >= 11 is 7.99. The number of piperidine rings is 1. The number of hydrogen-bond donors (Lipinski definition) is 2. The van der Waals surface area contributed by atoms with Gasteiger partial charge < -0.3 is 15.7 Å². The third kappa shape index (κ3) is 2.44. The molecule has 8 heteroatoms. The summed E-state index contributed by atoms with van der Waals surface area (Å²) in [7, 11) is 0. The van der Waals surface area contributed by atoms with E-state index in [1.807, 2.05) is 4.90 Å². The van der Waals surface area contributed by atoms with Gasteiger partial charge in [0.25, 0.3) is 0 Å². The van der Waals surface area contributed by atoms with Crippen molar-refractivity contribution in [2.75, 3.05) is 5.73 Å². The van der Waals surface area contributed by atoms with E-state index in [0.717, 1.165) is 5.56 Å². The lowest BCUT2D eigenvalue weighted by molar-refractivity contribution is -0.155. The number of fused-ring (bicyclic) bond motifs is 3. The number of anilines is 1. The summed E-state index contributed by atoms with van der Waals surface area (Å²) in [5.74, 6) is -4.10.